The molecular formula is C9H10N4O2. The zero-order valence-corrected chi connectivity index (χ0v) is 7.96. The largest absolute Gasteiger partial charge is 0.364 e. The average Bonchev–Trinajstić information content (AvgIpc) is 2.80. The Labute approximate surface area is 85.4 Å². The van der Waals surface area contributed by atoms with E-state index in [1.165, 1.54) is 6.26 Å². The Balaban J connectivity index is 1.87. The Bertz CT molecular complexity index is 446. The molecule has 0 radical (unpaired) electrons. The second kappa shape index (κ2) is 3.16. The molecule has 1 aliphatic rings. The number of rotatable bonds is 3. The van der Waals surface area contributed by atoms with Gasteiger partial charge in [0.1, 0.15) is 6.26 Å². The Morgan fingerprint density at radius 3 is 2.93 bits per heavy atom. The van der Waals surface area contributed by atoms with Crippen LogP contribution in [0.4, 0.5) is 0 Å². The van der Waals surface area contributed by atoms with Crippen molar-refractivity contribution in [2.75, 3.05) is 0 Å². The van der Waals surface area contributed by atoms with Gasteiger partial charge in [-0.3, -0.25) is 0 Å². The summed E-state index contributed by atoms with van der Waals surface area (Å²) in [6, 6.07) is 1.55. The molecule has 78 valence electrons. The van der Waals surface area contributed by atoms with Crippen molar-refractivity contribution in [3.8, 4) is 11.6 Å². The van der Waals surface area contributed by atoms with Crippen LogP contribution in [-0.2, 0) is 0 Å². The van der Waals surface area contributed by atoms with Gasteiger partial charge >= 0.3 is 0 Å². The Morgan fingerprint density at radius 2 is 2.27 bits per heavy atom. The van der Waals surface area contributed by atoms with Crippen LogP contribution in [0.15, 0.2) is 21.4 Å². The van der Waals surface area contributed by atoms with Crippen molar-refractivity contribution < 1.29 is 9.05 Å². The van der Waals surface area contributed by atoms with Gasteiger partial charge in [0.15, 0.2) is 11.5 Å². The minimum atomic E-state index is -0.116. The molecule has 6 nitrogen and oxygen atoms in total. The summed E-state index contributed by atoms with van der Waals surface area (Å²) in [5, 5.41) is 7.55. The molecule has 0 amide bonds. The van der Waals surface area contributed by atoms with E-state index < -0.39 is 0 Å². The van der Waals surface area contributed by atoms with E-state index in [2.05, 4.69) is 19.8 Å². The Hall–Kier alpha value is -1.69. The zero-order valence-electron chi connectivity index (χ0n) is 7.96. The lowest BCUT2D eigenvalue weighted by Crippen LogP contribution is -2.13. The lowest BCUT2D eigenvalue weighted by molar-refractivity contribution is 0.397. The van der Waals surface area contributed by atoms with Crippen LogP contribution in [0.3, 0.4) is 0 Å². The molecule has 0 aliphatic heterocycles. The predicted molar refractivity (Wildman–Crippen MR) is 49.4 cm³/mol. The maximum Gasteiger partial charge on any atom is 0.280 e. The summed E-state index contributed by atoms with van der Waals surface area (Å²) in [5.41, 5.74) is 6.48. The highest BCUT2D eigenvalue weighted by Crippen LogP contribution is 2.38. The fourth-order valence-electron chi connectivity index (χ4n) is 1.46. The molecule has 1 atom stereocenters. The standard InChI is InChI=1S/C9H10N4O2/c10-7(5-1-2-5)8-11-9(15-13-8)6-3-4-14-12-6/h3-5,7H,1-2,10H2. The number of nitrogens with zero attached hydrogens (tertiary/aromatic N) is 3. The van der Waals surface area contributed by atoms with E-state index in [0.29, 0.717) is 23.3 Å². The van der Waals surface area contributed by atoms with Gasteiger partial charge in [-0.05, 0) is 18.8 Å². The molecule has 15 heavy (non-hydrogen) atoms. The SMILES string of the molecule is NC(c1noc(-c2ccon2)n1)C1CC1. The van der Waals surface area contributed by atoms with Crippen LogP contribution < -0.4 is 5.73 Å². The van der Waals surface area contributed by atoms with Crippen molar-refractivity contribution >= 4 is 0 Å². The molecule has 1 unspecified atom stereocenters. The van der Waals surface area contributed by atoms with Gasteiger partial charge in [-0.25, -0.2) is 0 Å². The van der Waals surface area contributed by atoms with E-state index >= 15 is 0 Å². The predicted octanol–water partition coefficient (Wildman–Crippen LogP) is 1.13. The smallest absolute Gasteiger partial charge is 0.280 e. The molecule has 2 heterocycles. The van der Waals surface area contributed by atoms with E-state index in [-0.39, 0.29) is 6.04 Å². The first-order valence-electron chi connectivity index (χ1n) is 4.84. The number of hydrogen-bond acceptors (Lipinski definition) is 6. The van der Waals surface area contributed by atoms with Crippen molar-refractivity contribution in [2.24, 2.45) is 11.7 Å². The summed E-state index contributed by atoms with van der Waals surface area (Å²) in [5.74, 6) is 1.41. The third kappa shape index (κ3) is 1.52. The van der Waals surface area contributed by atoms with E-state index in [1.807, 2.05) is 0 Å². The molecule has 1 saturated carbocycles. The van der Waals surface area contributed by atoms with E-state index in [4.69, 9.17) is 10.3 Å². The maximum absolute atomic E-state index is 5.94. The van der Waals surface area contributed by atoms with Crippen LogP contribution in [0, 0.1) is 5.92 Å². The van der Waals surface area contributed by atoms with E-state index in [0.717, 1.165) is 12.8 Å². The monoisotopic (exact) mass is 206 g/mol. The number of aromatic nitrogens is 3. The van der Waals surface area contributed by atoms with Crippen molar-refractivity contribution in [1.82, 2.24) is 15.3 Å². The van der Waals surface area contributed by atoms with Gasteiger partial charge in [-0.15, -0.1) is 0 Å². The van der Waals surface area contributed by atoms with Crippen LogP contribution >= 0.6 is 0 Å². The Kier molecular flexibility index (Phi) is 1.81. The summed E-state index contributed by atoms with van der Waals surface area (Å²) < 4.78 is 9.73. The van der Waals surface area contributed by atoms with Crippen molar-refractivity contribution in [3.63, 3.8) is 0 Å². The first-order chi connectivity index (χ1) is 7.34. The quantitative estimate of drug-likeness (QED) is 0.809. The average molecular weight is 206 g/mol. The lowest BCUT2D eigenvalue weighted by atomic mass is 10.2. The summed E-state index contributed by atoms with van der Waals surface area (Å²) in [6.45, 7) is 0. The molecule has 2 N–H and O–H groups in total. The van der Waals surface area contributed by atoms with Gasteiger partial charge in [0.05, 0.1) is 6.04 Å². The summed E-state index contributed by atoms with van der Waals surface area (Å²) in [6.07, 6.45) is 3.75. The van der Waals surface area contributed by atoms with Gasteiger partial charge in [0.25, 0.3) is 5.89 Å². The van der Waals surface area contributed by atoms with Gasteiger partial charge in [0.2, 0.25) is 0 Å². The highest BCUT2D eigenvalue weighted by atomic mass is 16.5. The Morgan fingerprint density at radius 1 is 1.40 bits per heavy atom. The molecule has 6 heteroatoms. The molecule has 2 aromatic rings. The van der Waals surface area contributed by atoms with Gasteiger partial charge in [-0.2, -0.15) is 4.98 Å². The van der Waals surface area contributed by atoms with E-state index in [9.17, 15) is 0 Å². The minimum Gasteiger partial charge on any atom is -0.364 e. The molecule has 3 rings (SSSR count). The van der Waals surface area contributed by atoms with E-state index in [1.54, 1.807) is 6.07 Å². The first kappa shape index (κ1) is 8.60. The van der Waals surface area contributed by atoms with Crippen LogP contribution in [0.25, 0.3) is 11.6 Å². The molecule has 2 aromatic heterocycles. The van der Waals surface area contributed by atoms with Crippen molar-refractivity contribution in [3.05, 3.63) is 18.2 Å². The molecule has 0 aromatic carbocycles. The normalized spacial score (nSPS) is 17.9. The molecule has 0 saturated heterocycles. The fourth-order valence-corrected chi connectivity index (χ4v) is 1.46. The molecule has 1 fully saturated rings. The first-order valence-corrected chi connectivity index (χ1v) is 4.84. The summed E-state index contributed by atoms with van der Waals surface area (Å²) in [7, 11) is 0. The molecular weight excluding hydrogens is 196 g/mol. The van der Waals surface area contributed by atoms with Crippen molar-refractivity contribution in [2.45, 2.75) is 18.9 Å². The molecule has 1 aliphatic carbocycles. The van der Waals surface area contributed by atoms with Crippen LogP contribution in [-0.4, -0.2) is 15.3 Å². The highest BCUT2D eigenvalue weighted by molar-refractivity contribution is 5.44. The molecule has 0 bridgehead atoms. The second-order valence-electron chi connectivity index (χ2n) is 3.71. The lowest BCUT2D eigenvalue weighted by Gasteiger charge is -2.01. The van der Waals surface area contributed by atoms with Crippen LogP contribution in [0.1, 0.15) is 24.7 Å². The minimum absolute atomic E-state index is 0.116. The third-order valence-electron chi connectivity index (χ3n) is 2.53. The van der Waals surface area contributed by atoms with Gasteiger partial charge in [-0.1, -0.05) is 10.3 Å². The van der Waals surface area contributed by atoms with Crippen LogP contribution in [0.2, 0.25) is 0 Å². The third-order valence-corrected chi connectivity index (χ3v) is 2.53. The van der Waals surface area contributed by atoms with Crippen LogP contribution in [0.5, 0.6) is 0 Å². The maximum atomic E-state index is 5.94. The summed E-state index contributed by atoms with van der Waals surface area (Å²) >= 11 is 0. The topological polar surface area (TPSA) is 91.0 Å². The van der Waals surface area contributed by atoms with Gasteiger partial charge < -0.3 is 14.8 Å². The number of hydrogen-bond donors (Lipinski definition) is 1. The van der Waals surface area contributed by atoms with Gasteiger partial charge in [0, 0.05) is 6.07 Å². The summed E-state index contributed by atoms with van der Waals surface area (Å²) in [4.78, 5) is 4.19. The number of nitrogens with two attached hydrogens (primary N) is 1. The zero-order chi connectivity index (χ0) is 10.3. The molecule has 0 spiro atoms. The second-order valence-corrected chi connectivity index (χ2v) is 3.71. The highest BCUT2D eigenvalue weighted by Gasteiger charge is 2.32. The fraction of sp³-hybridized carbons (Fsp3) is 0.444. The van der Waals surface area contributed by atoms with Crippen molar-refractivity contribution in [1.29, 1.82) is 0 Å².